The second-order valence-corrected chi connectivity index (χ2v) is 6.57. The van der Waals surface area contributed by atoms with E-state index >= 15 is 0 Å². The predicted octanol–water partition coefficient (Wildman–Crippen LogP) is 4.43. The van der Waals surface area contributed by atoms with E-state index in [2.05, 4.69) is 31.5 Å². The highest BCUT2D eigenvalue weighted by Crippen LogP contribution is 2.26. The molecule has 2 N–H and O–H groups in total. The molecule has 24 heavy (non-hydrogen) atoms. The van der Waals surface area contributed by atoms with E-state index in [0.29, 0.717) is 5.56 Å². The molecule has 0 saturated heterocycles. The Labute approximate surface area is 153 Å². The highest BCUT2D eigenvalue weighted by Gasteiger charge is 2.10. The van der Waals surface area contributed by atoms with Crippen molar-refractivity contribution in [2.24, 2.45) is 0 Å². The molecule has 0 radical (unpaired) electrons. The maximum atomic E-state index is 12.2. The van der Waals surface area contributed by atoms with E-state index in [0.717, 1.165) is 26.8 Å². The number of hydrogen-bond acceptors (Lipinski definition) is 3. The molecule has 1 aromatic heterocycles. The van der Waals surface area contributed by atoms with Crippen molar-refractivity contribution in [3.05, 3.63) is 70.3 Å². The molecule has 0 unspecified atom stereocenters. The van der Waals surface area contributed by atoms with Gasteiger partial charge in [0.25, 0.3) is 5.91 Å². The number of nitrogens with zero attached hydrogens (tertiary/aromatic N) is 1. The first kappa shape index (κ1) is 16.5. The van der Waals surface area contributed by atoms with Crippen LogP contribution in [0.15, 0.2) is 59.1 Å². The van der Waals surface area contributed by atoms with Crippen molar-refractivity contribution in [1.29, 1.82) is 0 Å². The van der Waals surface area contributed by atoms with Crippen LogP contribution in [-0.2, 0) is 0 Å². The number of hydrogen-bond donors (Lipinski definition) is 2. The number of anilines is 1. The fourth-order valence-corrected chi connectivity index (χ4v) is 2.92. The van der Waals surface area contributed by atoms with E-state index in [9.17, 15) is 4.79 Å². The summed E-state index contributed by atoms with van der Waals surface area (Å²) < 4.78 is 0.947. The van der Waals surface area contributed by atoms with Gasteiger partial charge in [-0.05, 0) is 55.5 Å². The summed E-state index contributed by atoms with van der Waals surface area (Å²) in [7, 11) is 0. The largest absolute Gasteiger partial charge is 0.332 e. The van der Waals surface area contributed by atoms with Gasteiger partial charge in [-0.15, -0.1) is 0 Å². The normalized spacial score (nSPS) is 10.4. The molecule has 0 fully saturated rings. The number of thiocarbonyl (C=S) groups is 1. The Bertz CT molecular complexity index is 928. The number of rotatable bonds is 2. The average Bonchev–Trinajstić information content (AvgIpc) is 2.56. The summed E-state index contributed by atoms with van der Waals surface area (Å²) in [5.41, 5.74) is 3.08. The fourth-order valence-electron chi connectivity index (χ4n) is 2.35. The lowest BCUT2D eigenvalue weighted by Gasteiger charge is -2.13. The molecule has 0 aliphatic carbocycles. The SMILES string of the molecule is Cc1cc(NC(=S)NC(=O)c2ccccc2)c2cc(Br)ccc2n1. The molecule has 1 heterocycles. The van der Waals surface area contributed by atoms with Gasteiger partial charge in [0.15, 0.2) is 5.11 Å². The molecule has 0 aliphatic heterocycles. The first-order chi connectivity index (χ1) is 11.5. The number of fused-ring (bicyclic) bond motifs is 1. The van der Waals surface area contributed by atoms with Crippen molar-refractivity contribution in [1.82, 2.24) is 10.3 Å². The predicted molar refractivity (Wildman–Crippen MR) is 104 cm³/mol. The first-order valence-corrected chi connectivity index (χ1v) is 8.47. The third kappa shape index (κ3) is 3.77. The van der Waals surface area contributed by atoms with Crippen LogP contribution < -0.4 is 10.6 Å². The quantitative estimate of drug-likeness (QED) is 0.625. The Kier molecular flexibility index (Phi) is 4.87. The molecule has 3 rings (SSSR count). The number of pyridine rings is 1. The molecule has 6 heteroatoms. The summed E-state index contributed by atoms with van der Waals surface area (Å²) >= 11 is 8.74. The number of carbonyl (C=O) groups is 1. The van der Waals surface area contributed by atoms with Gasteiger partial charge in [0.05, 0.1) is 11.2 Å². The molecule has 4 nitrogen and oxygen atoms in total. The van der Waals surface area contributed by atoms with Crippen molar-refractivity contribution in [2.45, 2.75) is 6.92 Å². The minimum Gasteiger partial charge on any atom is -0.332 e. The molecule has 1 amide bonds. The third-order valence-electron chi connectivity index (χ3n) is 3.41. The summed E-state index contributed by atoms with van der Waals surface area (Å²) in [5.74, 6) is -0.246. The molecule has 0 saturated carbocycles. The molecule has 0 spiro atoms. The van der Waals surface area contributed by atoms with Crippen LogP contribution >= 0.6 is 28.1 Å². The number of carbonyl (C=O) groups excluding carboxylic acids is 1. The van der Waals surface area contributed by atoms with E-state index in [1.54, 1.807) is 12.1 Å². The van der Waals surface area contributed by atoms with Crippen molar-refractivity contribution in [3.8, 4) is 0 Å². The van der Waals surface area contributed by atoms with Gasteiger partial charge in [0.1, 0.15) is 0 Å². The molecule has 120 valence electrons. The van der Waals surface area contributed by atoms with E-state index in [1.807, 2.05) is 49.4 Å². The van der Waals surface area contributed by atoms with E-state index in [-0.39, 0.29) is 11.0 Å². The van der Waals surface area contributed by atoms with Gasteiger partial charge in [-0.25, -0.2) is 0 Å². The molecule has 0 atom stereocenters. The van der Waals surface area contributed by atoms with Gasteiger partial charge in [-0.3, -0.25) is 15.1 Å². The first-order valence-electron chi connectivity index (χ1n) is 7.27. The minimum atomic E-state index is -0.246. The average molecular weight is 400 g/mol. The van der Waals surface area contributed by atoms with Crippen LogP contribution in [0.25, 0.3) is 10.9 Å². The van der Waals surface area contributed by atoms with Crippen molar-refractivity contribution in [2.75, 3.05) is 5.32 Å². The summed E-state index contributed by atoms with van der Waals surface area (Å²) in [5, 5.41) is 6.95. The van der Waals surface area contributed by atoms with Crippen LogP contribution in [-0.4, -0.2) is 16.0 Å². The zero-order valence-electron chi connectivity index (χ0n) is 12.8. The molecule has 0 bridgehead atoms. The molecular formula is C18H14BrN3OS. The Hall–Kier alpha value is -2.31. The Morgan fingerprint density at radius 2 is 1.88 bits per heavy atom. The maximum Gasteiger partial charge on any atom is 0.257 e. The van der Waals surface area contributed by atoms with Crippen molar-refractivity contribution < 1.29 is 4.79 Å². The van der Waals surface area contributed by atoms with Crippen LogP contribution in [0, 0.1) is 6.92 Å². The van der Waals surface area contributed by atoms with Gasteiger partial charge in [-0.1, -0.05) is 34.1 Å². The number of halogens is 1. The smallest absolute Gasteiger partial charge is 0.257 e. The lowest BCUT2D eigenvalue weighted by Crippen LogP contribution is -2.34. The van der Waals surface area contributed by atoms with Crippen LogP contribution in [0.2, 0.25) is 0 Å². The Morgan fingerprint density at radius 3 is 2.62 bits per heavy atom. The summed E-state index contributed by atoms with van der Waals surface area (Å²) in [6, 6.07) is 16.7. The highest BCUT2D eigenvalue weighted by molar-refractivity contribution is 9.10. The van der Waals surface area contributed by atoms with Gasteiger partial charge >= 0.3 is 0 Å². The Morgan fingerprint density at radius 1 is 1.12 bits per heavy atom. The maximum absolute atomic E-state index is 12.2. The number of amides is 1. The Balaban J connectivity index is 1.83. The lowest BCUT2D eigenvalue weighted by atomic mass is 10.1. The third-order valence-corrected chi connectivity index (χ3v) is 4.11. The monoisotopic (exact) mass is 399 g/mol. The molecule has 0 aliphatic rings. The van der Waals surface area contributed by atoms with Gasteiger partial charge in [-0.2, -0.15) is 0 Å². The zero-order chi connectivity index (χ0) is 17.1. The summed E-state index contributed by atoms with van der Waals surface area (Å²) in [6.07, 6.45) is 0. The standard InChI is InChI=1S/C18H14BrN3OS/c1-11-9-16(14-10-13(19)7-8-15(14)20-11)21-18(24)22-17(23)12-5-3-2-4-6-12/h2-10H,1H3,(H2,20,21,22,23,24). The summed E-state index contributed by atoms with van der Waals surface area (Å²) in [4.78, 5) is 16.7. The van der Waals surface area contributed by atoms with Crippen LogP contribution in [0.3, 0.4) is 0 Å². The summed E-state index contributed by atoms with van der Waals surface area (Å²) in [6.45, 7) is 1.91. The van der Waals surface area contributed by atoms with Crippen LogP contribution in [0.4, 0.5) is 5.69 Å². The number of aryl methyl sites for hydroxylation is 1. The zero-order valence-corrected chi connectivity index (χ0v) is 15.2. The molecular weight excluding hydrogens is 386 g/mol. The molecule has 2 aromatic carbocycles. The van der Waals surface area contributed by atoms with Crippen LogP contribution in [0.5, 0.6) is 0 Å². The van der Waals surface area contributed by atoms with E-state index < -0.39 is 0 Å². The van der Waals surface area contributed by atoms with Crippen molar-refractivity contribution in [3.63, 3.8) is 0 Å². The van der Waals surface area contributed by atoms with Gasteiger partial charge in [0.2, 0.25) is 0 Å². The lowest BCUT2D eigenvalue weighted by molar-refractivity contribution is 0.0977. The number of nitrogens with one attached hydrogen (secondary N) is 2. The number of benzene rings is 2. The molecule has 3 aromatic rings. The van der Waals surface area contributed by atoms with Crippen molar-refractivity contribution >= 4 is 55.8 Å². The topological polar surface area (TPSA) is 54.0 Å². The van der Waals surface area contributed by atoms with Crippen LogP contribution in [0.1, 0.15) is 16.1 Å². The van der Waals surface area contributed by atoms with Gasteiger partial charge < -0.3 is 5.32 Å². The fraction of sp³-hybridized carbons (Fsp3) is 0.0556. The minimum absolute atomic E-state index is 0.246. The van der Waals surface area contributed by atoms with Gasteiger partial charge in [0, 0.05) is 21.1 Å². The van der Waals surface area contributed by atoms with E-state index in [4.69, 9.17) is 12.2 Å². The second-order valence-electron chi connectivity index (χ2n) is 5.25. The van der Waals surface area contributed by atoms with E-state index in [1.165, 1.54) is 0 Å². The highest BCUT2D eigenvalue weighted by atomic mass is 79.9. The second kappa shape index (κ2) is 7.07. The number of aromatic nitrogens is 1.